The van der Waals surface area contributed by atoms with E-state index in [4.69, 9.17) is 17.0 Å². The van der Waals surface area contributed by atoms with Crippen LogP contribution in [-0.4, -0.2) is 22.8 Å². The summed E-state index contributed by atoms with van der Waals surface area (Å²) in [5.41, 5.74) is 2.22. The number of aryl methyl sites for hydroxylation is 1. The van der Waals surface area contributed by atoms with Crippen LogP contribution >= 0.6 is 28.1 Å². The molecule has 98 valence electrons. The summed E-state index contributed by atoms with van der Waals surface area (Å²) in [5.74, 6) is 0. The molecule has 0 spiro atoms. The smallest absolute Gasteiger partial charge is 0.178 e. The van der Waals surface area contributed by atoms with Gasteiger partial charge in [-0.25, -0.2) is 0 Å². The second kappa shape index (κ2) is 6.50. The number of nitrogens with zero attached hydrogens (tertiary/aromatic N) is 1. The number of aromatic amines is 1. The second-order valence-corrected chi connectivity index (χ2v) is 5.51. The van der Waals surface area contributed by atoms with Gasteiger partial charge in [0.1, 0.15) is 0 Å². The first-order chi connectivity index (χ1) is 8.72. The van der Waals surface area contributed by atoms with E-state index in [1.54, 1.807) is 0 Å². The van der Waals surface area contributed by atoms with Crippen molar-refractivity contribution in [2.75, 3.05) is 13.2 Å². The van der Waals surface area contributed by atoms with Gasteiger partial charge in [-0.3, -0.25) is 0 Å². The average molecular weight is 329 g/mol. The summed E-state index contributed by atoms with van der Waals surface area (Å²) in [5, 5.41) is 0. The maximum absolute atomic E-state index is 5.49. The van der Waals surface area contributed by atoms with E-state index in [-0.39, 0.29) is 0 Å². The molecule has 0 aliphatic heterocycles. The predicted octanol–water partition coefficient (Wildman–Crippen LogP) is 4.28. The Labute approximate surface area is 120 Å². The zero-order valence-corrected chi connectivity index (χ0v) is 12.8. The van der Waals surface area contributed by atoms with Crippen molar-refractivity contribution in [3.8, 4) is 0 Å². The van der Waals surface area contributed by atoms with Crippen LogP contribution in [-0.2, 0) is 11.3 Å². The van der Waals surface area contributed by atoms with Crippen LogP contribution in [0.15, 0.2) is 22.7 Å². The van der Waals surface area contributed by atoms with Crippen LogP contribution < -0.4 is 0 Å². The first kappa shape index (κ1) is 13.8. The molecule has 0 bridgehead atoms. The SMILES string of the molecule is CCCOCCCn1c(=S)[nH]c2ccc(Br)cc21. The molecular formula is C13H17BrN2OS. The molecule has 5 heteroatoms. The lowest BCUT2D eigenvalue weighted by atomic mass is 10.3. The Morgan fingerprint density at radius 2 is 2.22 bits per heavy atom. The van der Waals surface area contributed by atoms with E-state index in [2.05, 4.69) is 38.5 Å². The molecule has 0 aliphatic rings. The fourth-order valence-corrected chi connectivity index (χ4v) is 2.57. The largest absolute Gasteiger partial charge is 0.381 e. The van der Waals surface area contributed by atoms with Crippen LogP contribution in [0.5, 0.6) is 0 Å². The highest BCUT2D eigenvalue weighted by molar-refractivity contribution is 9.10. The van der Waals surface area contributed by atoms with Crippen LogP contribution in [0.25, 0.3) is 11.0 Å². The average Bonchev–Trinajstić information content (AvgIpc) is 2.65. The number of halogens is 1. The third-order valence-corrected chi connectivity index (χ3v) is 3.57. The Bertz CT molecular complexity index is 576. The molecule has 0 saturated heterocycles. The summed E-state index contributed by atoms with van der Waals surface area (Å²) in [6.07, 6.45) is 2.05. The molecule has 3 nitrogen and oxygen atoms in total. The molecule has 0 atom stereocenters. The van der Waals surface area contributed by atoms with Gasteiger partial charge < -0.3 is 14.3 Å². The third kappa shape index (κ3) is 3.22. The fraction of sp³-hybridized carbons (Fsp3) is 0.462. The van der Waals surface area contributed by atoms with Gasteiger partial charge in [0, 0.05) is 24.2 Å². The Kier molecular flexibility index (Phi) is 4.97. The summed E-state index contributed by atoms with van der Waals surface area (Å²) in [6.45, 7) is 4.63. The topological polar surface area (TPSA) is 29.9 Å². The van der Waals surface area contributed by atoms with Crippen LogP contribution in [0.2, 0.25) is 0 Å². The van der Waals surface area contributed by atoms with Gasteiger partial charge in [-0.2, -0.15) is 0 Å². The summed E-state index contributed by atoms with van der Waals surface area (Å²) in [6, 6.07) is 6.15. The van der Waals surface area contributed by atoms with Gasteiger partial charge in [-0.1, -0.05) is 22.9 Å². The van der Waals surface area contributed by atoms with Crippen LogP contribution in [0, 0.1) is 4.77 Å². The molecule has 2 aromatic rings. The van der Waals surface area contributed by atoms with Gasteiger partial charge >= 0.3 is 0 Å². The zero-order chi connectivity index (χ0) is 13.0. The number of nitrogens with one attached hydrogen (secondary N) is 1. The second-order valence-electron chi connectivity index (χ2n) is 4.21. The van der Waals surface area contributed by atoms with Gasteiger partial charge in [0.25, 0.3) is 0 Å². The Hall–Kier alpha value is -0.650. The summed E-state index contributed by atoms with van der Waals surface area (Å²) in [4.78, 5) is 3.22. The number of fused-ring (bicyclic) bond motifs is 1. The number of rotatable bonds is 6. The monoisotopic (exact) mass is 328 g/mol. The highest BCUT2D eigenvalue weighted by Gasteiger charge is 2.04. The van der Waals surface area contributed by atoms with E-state index >= 15 is 0 Å². The van der Waals surface area contributed by atoms with Crippen molar-refractivity contribution in [2.45, 2.75) is 26.3 Å². The molecule has 2 rings (SSSR count). The van der Waals surface area contributed by atoms with E-state index in [1.165, 1.54) is 0 Å². The molecule has 0 amide bonds. The zero-order valence-electron chi connectivity index (χ0n) is 10.4. The first-order valence-corrected chi connectivity index (χ1v) is 7.38. The molecular weight excluding hydrogens is 312 g/mol. The van der Waals surface area contributed by atoms with Crippen LogP contribution in [0.4, 0.5) is 0 Å². The molecule has 1 heterocycles. The number of benzene rings is 1. The lowest BCUT2D eigenvalue weighted by Crippen LogP contribution is -2.03. The third-order valence-electron chi connectivity index (χ3n) is 2.76. The van der Waals surface area contributed by atoms with Crippen LogP contribution in [0.3, 0.4) is 0 Å². The highest BCUT2D eigenvalue weighted by atomic mass is 79.9. The van der Waals surface area contributed by atoms with Gasteiger partial charge in [0.05, 0.1) is 11.0 Å². The number of hydrogen-bond donors (Lipinski definition) is 1. The predicted molar refractivity (Wildman–Crippen MR) is 80.5 cm³/mol. The maximum atomic E-state index is 5.49. The molecule has 0 radical (unpaired) electrons. The normalized spacial score (nSPS) is 11.2. The molecule has 1 aromatic heterocycles. The van der Waals surface area contributed by atoms with Crippen molar-refractivity contribution in [3.63, 3.8) is 0 Å². The van der Waals surface area contributed by atoms with E-state index in [0.717, 1.165) is 52.9 Å². The highest BCUT2D eigenvalue weighted by Crippen LogP contribution is 2.19. The lowest BCUT2D eigenvalue weighted by Gasteiger charge is -2.05. The molecule has 0 fully saturated rings. The molecule has 1 aromatic carbocycles. The van der Waals surface area contributed by atoms with Crippen molar-refractivity contribution >= 4 is 39.2 Å². The Balaban J connectivity index is 2.10. The minimum atomic E-state index is 0.776. The number of hydrogen-bond acceptors (Lipinski definition) is 2. The minimum absolute atomic E-state index is 0.776. The standard InChI is InChI=1S/C13H17BrN2OS/c1-2-7-17-8-3-6-16-12-9-10(14)4-5-11(12)15-13(16)18/h4-5,9H,2-3,6-8H2,1H3,(H,15,18). The van der Waals surface area contributed by atoms with E-state index in [1.807, 2.05) is 12.1 Å². The molecule has 18 heavy (non-hydrogen) atoms. The molecule has 0 unspecified atom stereocenters. The van der Waals surface area contributed by atoms with E-state index in [0.29, 0.717) is 0 Å². The summed E-state index contributed by atoms with van der Waals surface area (Å²) < 4.78 is 9.47. The Morgan fingerprint density at radius 1 is 1.39 bits per heavy atom. The van der Waals surface area contributed by atoms with Crippen molar-refractivity contribution in [1.82, 2.24) is 9.55 Å². The Morgan fingerprint density at radius 3 is 3.00 bits per heavy atom. The summed E-state index contributed by atoms with van der Waals surface area (Å²) in [7, 11) is 0. The first-order valence-electron chi connectivity index (χ1n) is 6.18. The van der Waals surface area contributed by atoms with Gasteiger partial charge in [0.2, 0.25) is 0 Å². The van der Waals surface area contributed by atoms with Crippen molar-refractivity contribution in [3.05, 3.63) is 27.4 Å². The fourth-order valence-electron chi connectivity index (χ4n) is 1.92. The number of H-pyrrole nitrogens is 1. The number of ether oxygens (including phenoxy) is 1. The number of aromatic nitrogens is 2. The van der Waals surface area contributed by atoms with Crippen molar-refractivity contribution < 1.29 is 4.74 Å². The molecule has 1 N–H and O–H groups in total. The quantitative estimate of drug-likeness (QED) is 0.633. The molecule has 0 saturated carbocycles. The van der Waals surface area contributed by atoms with Gasteiger partial charge in [-0.05, 0) is 43.3 Å². The lowest BCUT2D eigenvalue weighted by molar-refractivity contribution is 0.129. The van der Waals surface area contributed by atoms with Crippen molar-refractivity contribution in [1.29, 1.82) is 0 Å². The maximum Gasteiger partial charge on any atom is 0.178 e. The van der Waals surface area contributed by atoms with Crippen molar-refractivity contribution in [2.24, 2.45) is 0 Å². The van der Waals surface area contributed by atoms with Gasteiger partial charge in [0.15, 0.2) is 4.77 Å². The minimum Gasteiger partial charge on any atom is -0.381 e. The number of imidazole rings is 1. The van der Waals surface area contributed by atoms with Crippen LogP contribution in [0.1, 0.15) is 19.8 Å². The molecule has 0 aliphatic carbocycles. The van der Waals surface area contributed by atoms with E-state index in [9.17, 15) is 0 Å². The van der Waals surface area contributed by atoms with E-state index < -0.39 is 0 Å². The summed E-state index contributed by atoms with van der Waals surface area (Å²) >= 11 is 8.84. The van der Waals surface area contributed by atoms with Gasteiger partial charge in [-0.15, -0.1) is 0 Å².